The van der Waals surface area contributed by atoms with E-state index in [0.717, 1.165) is 0 Å². The maximum absolute atomic E-state index is 11.6. The molecule has 1 aromatic heterocycles. The molecule has 110 valence electrons. The van der Waals surface area contributed by atoms with Crippen LogP contribution in [-0.2, 0) is 16.1 Å². The highest BCUT2D eigenvalue weighted by molar-refractivity contribution is 5.78. The monoisotopic (exact) mass is 284 g/mol. The highest BCUT2D eigenvalue weighted by Crippen LogP contribution is 2.13. The van der Waals surface area contributed by atoms with Gasteiger partial charge >= 0.3 is 11.8 Å². The van der Waals surface area contributed by atoms with Crippen LogP contribution in [0.25, 0.3) is 0 Å². The minimum atomic E-state index is -1.04. The van der Waals surface area contributed by atoms with Gasteiger partial charge in [-0.25, -0.2) is 0 Å². The summed E-state index contributed by atoms with van der Waals surface area (Å²) in [5, 5.41) is 21.8. The Hall–Kier alpha value is -2.45. The van der Waals surface area contributed by atoms with Crippen LogP contribution in [0.15, 0.2) is 12.5 Å². The van der Waals surface area contributed by atoms with Gasteiger partial charge in [-0.3, -0.25) is 9.59 Å². The van der Waals surface area contributed by atoms with E-state index in [1.807, 2.05) is 0 Å². The van der Waals surface area contributed by atoms with Gasteiger partial charge in [-0.15, -0.1) is 0 Å². The van der Waals surface area contributed by atoms with Gasteiger partial charge in [0, 0.05) is 19.5 Å². The standard InChI is InChI=1S/C11H16N4O5/c1-11(2,10(17)18)6-12-9(16)3-4-14-5-8(13-7-14)15(19)20/h5,7H,3-4,6H2,1-2H3,(H,12,16)(H,17,18). The molecule has 0 atom stereocenters. The SMILES string of the molecule is CC(C)(CNC(=O)CCn1cnc([N+](=O)[O-])c1)C(=O)O. The van der Waals surface area contributed by atoms with Crippen LogP contribution in [0.4, 0.5) is 5.82 Å². The number of carbonyl (C=O) groups is 2. The lowest BCUT2D eigenvalue weighted by molar-refractivity contribution is -0.389. The van der Waals surface area contributed by atoms with Crippen LogP contribution in [0.3, 0.4) is 0 Å². The molecule has 0 aliphatic carbocycles. The summed E-state index contributed by atoms with van der Waals surface area (Å²) >= 11 is 0. The molecule has 9 nitrogen and oxygen atoms in total. The number of aromatic nitrogens is 2. The molecule has 0 saturated carbocycles. The van der Waals surface area contributed by atoms with Crippen molar-refractivity contribution in [3.05, 3.63) is 22.6 Å². The fourth-order valence-corrected chi connectivity index (χ4v) is 1.28. The van der Waals surface area contributed by atoms with Crippen molar-refractivity contribution < 1.29 is 19.6 Å². The predicted octanol–water partition coefficient (Wildman–Crippen LogP) is 0.408. The van der Waals surface area contributed by atoms with Gasteiger partial charge in [-0.1, -0.05) is 0 Å². The molecule has 0 aliphatic rings. The van der Waals surface area contributed by atoms with Crippen molar-refractivity contribution in [1.29, 1.82) is 0 Å². The molecule has 1 heterocycles. The van der Waals surface area contributed by atoms with Gasteiger partial charge in [0.2, 0.25) is 12.2 Å². The van der Waals surface area contributed by atoms with Crippen molar-refractivity contribution in [2.45, 2.75) is 26.8 Å². The molecule has 0 aliphatic heterocycles. The summed E-state index contributed by atoms with van der Waals surface area (Å²) in [6, 6.07) is 0. The smallest absolute Gasteiger partial charge is 0.381 e. The van der Waals surface area contributed by atoms with E-state index in [1.54, 1.807) is 0 Å². The quantitative estimate of drug-likeness (QED) is 0.551. The van der Waals surface area contributed by atoms with Crippen LogP contribution in [-0.4, -0.2) is 38.0 Å². The average molecular weight is 284 g/mol. The molecular formula is C11H16N4O5. The molecule has 0 aromatic carbocycles. The van der Waals surface area contributed by atoms with Crippen LogP contribution in [0.5, 0.6) is 0 Å². The topological polar surface area (TPSA) is 127 Å². The van der Waals surface area contributed by atoms with E-state index in [9.17, 15) is 19.7 Å². The lowest BCUT2D eigenvalue weighted by Crippen LogP contribution is -2.39. The van der Waals surface area contributed by atoms with Crippen LogP contribution in [0.2, 0.25) is 0 Å². The number of nitrogens with one attached hydrogen (secondary N) is 1. The van der Waals surface area contributed by atoms with Gasteiger partial charge in [-0.05, 0) is 23.8 Å². The van der Waals surface area contributed by atoms with E-state index in [0.29, 0.717) is 0 Å². The second-order valence-corrected chi connectivity index (χ2v) is 4.94. The molecule has 0 bridgehead atoms. The summed E-state index contributed by atoms with van der Waals surface area (Å²) in [5.74, 6) is -1.60. The minimum absolute atomic E-state index is 0.0191. The van der Waals surface area contributed by atoms with E-state index in [4.69, 9.17) is 5.11 Å². The highest BCUT2D eigenvalue weighted by atomic mass is 16.6. The van der Waals surface area contributed by atoms with Gasteiger partial charge in [0.1, 0.15) is 6.20 Å². The van der Waals surface area contributed by atoms with Gasteiger partial charge in [0.25, 0.3) is 0 Å². The zero-order chi connectivity index (χ0) is 15.3. The van der Waals surface area contributed by atoms with Crippen LogP contribution < -0.4 is 5.32 Å². The summed E-state index contributed by atoms with van der Waals surface area (Å²) in [4.78, 5) is 35.8. The van der Waals surface area contributed by atoms with Crippen molar-refractivity contribution in [2.75, 3.05) is 6.54 Å². The Morgan fingerprint density at radius 1 is 1.55 bits per heavy atom. The third kappa shape index (κ3) is 4.34. The van der Waals surface area contributed by atoms with Crippen molar-refractivity contribution in [3.63, 3.8) is 0 Å². The van der Waals surface area contributed by atoms with E-state index in [-0.39, 0.29) is 31.2 Å². The zero-order valence-corrected chi connectivity index (χ0v) is 11.2. The number of imidazole rings is 1. The summed E-state index contributed by atoms with van der Waals surface area (Å²) in [5.41, 5.74) is -1.04. The number of hydrogen-bond donors (Lipinski definition) is 2. The number of hydrogen-bond acceptors (Lipinski definition) is 5. The number of aliphatic carboxylic acids is 1. The highest BCUT2D eigenvalue weighted by Gasteiger charge is 2.27. The zero-order valence-electron chi connectivity index (χ0n) is 11.2. The van der Waals surface area contributed by atoms with E-state index < -0.39 is 16.3 Å². The first-order valence-electron chi connectivity index (χ1n) is 5.88. The van der Waals surface area contributed by atoms with E-state index in [2.05, 4.69) is 10.3 Å². The molecule has 1 amide bonds. The molecule has 9 heteroatoms. The van der Waals surface area contributed by atoms with Crippen LogP contribution in [0.1, 0.15) is 20.3 Å². The van der Waals surface area contributed by atoms with Gasteiger partial charge < -0.3 is 25.1 Å². The van der Waals surface area contributed by atoms with Crippen LogP contribution in [0, 0.1) is 15.5 Å². The molecule has 1 aromatic rings. The molecule has 0 radical (unpaired) electrons. The Kier molecular flexibility index (Phi) is 4.78. The number of carbonyl (C=O) groups excluding carboxylic acids is 1. The summed E-state index contributed by atoms with van der Waals surface area (Å²) < 4.78 is 1.43. The maximum Gasteiger partial charge on any atom is 0.381 e. The number of carboxylic acid groups (broad SMARTS) is 1. The van der Waals surface area contributed by atoms with E-state index in [1.165, 1.54) is 30.9 Å². The lowest BCUT2D eigenvalue weighted by Gasteiger charge is -2.19. The minimum Gasteiger partial charge on any atom is -0.481 e. The third-order valence-corrected chi connectivity index (χ3v) is 2.71. The first-order valence-corrected chi connectivity index (χ1v) is 5.88. The van der Waals surface area contributed by atoms with E-state index >= 15 is 0 Å². The normalized spacial score (nSPS) is 11.1. The molecule has 1 rings (SSSR count). The predicted molar refractivity (Wildman–Crippen MR) is 67.9 cm³/mol. The number of carboxylic acids is 1. The van der Waals surface area contributed by atoms with Crippen LogP contribution >= 0.6 is 0 Å². The molecule has 0 fully saturated rings. The maximum atomic E-state index is 11.6. The molecular weight excluding hydrogens is 268 g/mol. The van der Waals surface area contributed by atoms with Crippen molar-refractivity contribution in [3.8, 4) is 0 Å². The summed E-state index contributed by atoms with van der Waals surface area (Å²) in [6.07, 6.45) is 2.59. The second kappa shape index (κ2) is 6.13. The summed E-state index contributed by atoms with van der Waals surface area (Å²) in [6.45, 7) is 3.27. The molecule has 0 spiro atoms. The largest absolute Gasteiger partial charge is 0.481 e. The van der Waals surface area contributed by atoms with Gasteiger partial charge in [0.05, 0.1) is 5.41 Å². The fourth-order valence-electron chi connectivity index (χ4n) is 1.28. The number of amides is 1. The number of nitrogens with zero attached hydrogens (tertiary/aromatic N) is 3. The Morgan fingerprint density at radius 2 is 2.20 bits per heavy atom. The van der Waals surface area contributed by atoms with Crippen molar-refractivity contribution in [2.24, 2.45) is 5.41 Å². The molecule has 20 heavy (non-hydrogen) atoms. The third-order valence-electron chi connectivity index (χ3n) is 2.71. The number of rotatable bonds is 7. The second-order valence-electron chi connectivity index (χ2n) is 4.94. The molecule has 0 unspecified atom stereocenters. The van der Waals surface area contributed by atoms with Gasteiger partial charge in [-0.2, -0.15) is 0 Å². The molecule has 2 N–H and O–H groups in total. The number of nitro groups is 1. The first kappa shape index (κ1) is 15.6. The Balaban J connectivity index is 2.40. The Labute approximate surface area is 114 Å². The van der Waals surface area contributed by atoms with Crippen molar-refractivity contribution >= 4 is 17.7 Å². The van der Waals surface area contributed by atoms with Crippen molar-refractivity contribution in [1.82, 2.24) is 14.9 Å². The first-order chi connectivity index (χ1) is 9.22. The average Bonchev–Trinajstić information content (AvgIpc) is 2.82. The Morgan fingerprint density at radius 3 is 2.70 bits per heavy atom. The number of aryl methyl sites for hydroxylation is 1. The summed E-state index contributed by atoms with van der Waals surface area (Å²) in [7, 11) is 0. The van der Waals surface area contributed by atoms with Gasteiger partial charge in [0.15, 0.2) is 0 Å². The fraction of sp³-hybridized carbons (Fsp3) is 0.545. The lowest BCUT2D eigenvalue weighted by atomic mass is 9.94. The Bertz CT molecular complexity index is 523. The molecule has 0 saturated heterocycles.